The second-order valence-electron chi connectivity index (χ2n) is 4.80. The topological polar surface area (TPSA) is 26.3 Å². The highest BCUT2D eigenvalue weighted by atomic mass is 16.6. The van der Waals surface area contributed by atoms with E-state index in [0.717, 1.165) is 11.1 Å². The smallest absolute Gasteiger partial charge is 0.339 e. The van der Waals surface area contributed by atoms with Gasteiger partial charge in [0, 0.05) is 0 Å². The molecule has 0 saturated heterocycles. The Kier molecular flexibility index (Phi) is 3.53. The van der Waals surface area contributed by atoms with Crippen molar-refractivity contribution >= 4 is 12.0 Å². The summed E-state index contributed by atoms with van der Waals surface area (Å²) in [6.07, 6.45) is 1.67. The van der Waals surface area contributed by atoms with Gasteiger partial charge in [0.05, 0.1) is 5.56 Å². The average molecular weight is 218 g/mol. The Morgan fingerprint density at radius 3 is 2.50 bits per heavy atom. The fourth-order valence-electron chi connectivity index (χ4n) is 1.36. The van der Waals surface area contributed by atoms with Gasteiger partial charge in [-0.3, -0.25) is 0 Å². The third-order valence-electron chi connectivity index (χ3n) is 2.05. The molecule has 0 aromatic heterocycles. The van der Waals surface area contributed by atoms with E-state index < -0.39 is 5.60 Å². The number of esters is 1. The van der Waals surface area contributed by atoms with E-state index in [1.165, 1.54) is 0 Å². The van der Waals surface area contributed by atoms with E-state index in [1.807, 2.05) is 45.9 Å². The van der Waals surface area contributed by atoms with E-state index in [1.54, 1.807) is 6.08 Å². The van der Waals surface area contributed by atoms with Crippen LogP contribution in [0.2, 0.25) is 0 Å². The van der Waals surface area contributed by atoms with Gasteiger partial charge in [-0.1, -0.05) is 30.4 Å². The highest BCUT2D eigenvalue weighted by Gasteiger charge is 2.19. The van der Waals surface area contributed by atoms with Gasteiger partial charge >= 0.3 is 5.97 Å². The van der Waals surface area contributed by atoms with Crippen LogP contribution >= 0.6 is 0 Å². The van der Waals surface area contributed by atoms with Crippen LogP contribution in [0, 0.1) is 6.92 Å². The van der Waals surface area contributed by atoms with Crippen molar-refractivity contribution in [2.75, 3.05) is 0 Å². The van der Waals surface area contributed by atoms with Gasteiger partial charge in [0.1, 0.15) is 5.60 Å². The lowest BCUT2D eigenvalue weighted by Gasteiger charge is -2.20. The van der Waals surface area contributed by atoms with E-state index >= 15 is 0 Å². The fraction of sp³-hybridized carbons (Fsp3) is 0.357. The monoisotopic (exact) mass is 218 g/mol. The molecule has 0 bridgehead atoms. The molecule has 2 nitrogen and oxygen atoms in total. The first kappa shape index (κ1) is 12.5. The van der Waals surface area contributed by atoms with E-state index in [2.05, 4.69) is 6.58 Å². The SMILES string of the molecule is C=Cc1ccc(C)cc1C(=O)OC(C)(C)C. The zero-order valence-corrected chi connectivity index (χ0v) is 10.3. The third-order valence-corrected chi connectivity index (χ3v) is 2.05. The summed E-state index contributed by atoms with van der Waals surface area (Å²) in [6.45, 7) is 11.2. The summed E-state index contributed by atoms with van der Waals surface area (Å²) in [5.74, 6) is -0.300. The lowest BCUT2D eigenvalue weighted by Crippen LogP contribution is -2.24. The van der Waals surface area contributed by atoms with Crippen molar-refractivity contribution in [2.45, 2.75) is 33.3 Å². The maximum atomic E-state index is 11.9. The van der Waals surface area contributed by atoms with Gasteiger partial charge in [-0.2, -0.15) is 0 Å². The van der Waals surface area contributed by atoms with Crippen LogP contribution < -0.4 is 0 Å². The summed E-state index contributed by atoms with van der Waals surface area (Å²) in [6, 6.07) is 5.65. The largest absolute Gasteiger partial charge is 0.456 e. The molecule has 0 unspecified atom stereocenters. The summed E-state index contributed by atoms with van der Waals surface area (Å²) in [5.41, 5.74) is 1.94. The number of carbonyl (C=O) groups is 1. The normalized spacial score (nSPS) is 11.0. The molecule has 2 heteroatoms. The van der Waals surface area contributed by atoms with Gasteiger partial charge in [0.25, 0.3) is 0 Å². The first-order valence-corrected chi connectivity index (χ1v) is 5.30. The minimum absolute atomic E-state index is 0.300. The Morgan fingerprint density at radius 1 is 1.38 bits per heavy atom. The average Bonchev–Trinajstić information content (AvgIpc) is 2.15. The molecule has 0 aliphatic heterocycles. The minimum atomic E-state index is -0.473. The molecule has 86 valence electrons. The van der Waals surface area contributed by atoms with Gasteiger partial charge in [-0.05, 0) is 39.3 Å². The molecule has 0 amide bonds. The maximum absolute atomic E-state index is 11.9. The van der Waals surface area contributed by atoms with Crippen molar-refractivity contribution in [2.24, 2.45) is 0 Å². The molecule has 0 N–H and O–H groups in total. The van der Waals surface area contributed by atoms with Crippen molar-refractivity contribution in [3.63, 3.8) is 0 Å². The second kappa shape index (κ2) is 4.52. The number of ether oxygens (including phenoxy) is 1. The van der Waals surface area contributed by atoms with Gasteiger partial charge in [-0.15, -0.1) is 0 Å². The van der Waals surface area contributed by atoms with Crippen molar-refractivity contribution in [3.05, 3.63) is 41.5 Å². The van der Waals surface area contributed by atoms with Crippen molar-refractivity contribution in [1.29, 1.82) is 0 Å². The van der Waals surface area contributed by atoms with Crippen LogP contribution in [0.25, 0.3) is 6.08 Å². The Morgan fingerprint density at radius 2 is 2.00 bits per heavy atom. The number of benzene rings is 1. The van der Waals surface area contributed by atoms with Crippen LogP contribution in [-0.2, 0) is 4.74 Å². The molecule has 1 aromatic carbocycles. The molecule has 0 atom stereocenters. The van der Waals surface area contributed by atoms with E-state index in [-0.39, 0.29) is 5.97 Å². The molecule has 0 saturated carbocycles. The predicted octanol–water partition coefficient (Wildman–Crippen LogP) is 3.59. The lowest BCUT2D eigenvalue weighted by atomic mass is 10.0. The maximum Gasteiger partial charge on any atom is 0.339 e. The fourth-order valence-corrected chi connectivity index (χ4v) is 1.36. The van der Waals surface area contributed by atoms with Gasteiger partial charge in [-0.25, -0.2) is 4.79 Å². The molecule has 0 spiro atoms. The standard InChI is InChI=1S/C14H18O2/c1-6-11-8-7-10(2)9-12(11)13(15)16-14(3,4)5/h6-9H,1H2,2-5H3. The van der Waals surface area contributed by atoms with Gasteiger partial charge in [0.2, 0.25) is 0 Å². The zero-order valence-electron chi connectivity index (χ0n) is 10.3. The number of hydrogen-bond donors (Lipinski definition) is 0. The number of aryl methyl sites for hydroxylation is 1. The molecular weight excluding hydrogens is 200 g/mol. The number of carbonyl (C=O) groups excluding carboxylic acids is 1. The van der Waals surface area contributed by atoms with Crippen LogP contribution in [0.4, 0.5) is 0 Å². The van der Waals surface area contributed by atoms with Crippen LogP contribution in [0.5, 0.6) is 0 Å². The van der Waals surface area contributed by atoms with Gasteiger partial charge in [0.15, 0.2) is 0 Å². The zero-order chi connectivity index (χ0) is 12.3. The van der Waals surface area contributed by atoms with Crippen molar-refractivity contribution in [3.8, 4) is 0 Å². The highest BCUT2D eigenvalue weighted by Crippen LogP contribution is 2.17. The quantitative estimate of drug-likeness (QED) is 0.709. The summed E-state index contributed by atoms with van der Waals surface area (Å²) < 4.78 is 5.33. The Balaban J connectivity index is 3.07. The Hall–Kier alpha value is -1.57. The molecule has 16 heavy (non-hydrogen) atoms. The second-order valence-corrected chi connectivity index (χ2v) is 4.80. The molecule has 1 aromatic rings. The van der Waals surface area contributed by atoms with E-state index in [0.29, 0.717) is 5.56 Å². The van der Waals surface area contributed by atoms with E-state index in [9.17, 15) is 4.79 Å². The summed E-state index contributed by atoms with van der Waals surface area (Å²) >= 11 is 0. The molecule has 0 aliphatic rings. The first-order valence-electron chi connectivity index (χ1n) is 5.30. The Bertz CT molecular complexity index is 411. The van der Waals surface area contributed by atoms with E-state index in [4.69, 9.17) is 4.74 Å². The molecular formula is C14H18O2. The van der Waals surface area contributed by atoms with Crippen molar-refractivity contribution < 1.29 is 9.53 Å². The third kappa shape index (κ3) is 3.23. The molecule has 1 rings (SSSR count). The van der Waals surface area contributed by atoms with Crippen LogP contribution in [-0.4, -0.2) is 11.6 Å². The van der Waals surface area contributed by atoms with Crippen LogP contribution in [0.3, 0.4) is 0 Å². The Labute approximate surface area is 96.9 Å². The molecule has 0 heterocycles. The van der Waals surface area contributed by atoms with Crippen LogP contribution in [0.15, 0.2) is 24.8 Å². The summed E-state index contributed by atoms with van der Waals surface area (Å²) in [4.78, 5) is 11.9. The summed E-state index contributed by atoms with van der Waals surface area (Å²) in [7, 11) is 0. The molecule has 0 radical (unpaired) electrons. The summed E-state index contributed by atoms with van der Waals surface area (Å²) in [5, 5.41) is 0. The lowest BCUT2D eigenvalue weighted by molar-refractivity contribution is 0.00692. The van der Waals surface area contributed by atoms with Crippen molar-refractivity contribution in [1.82, 2.24) is 0 Å². The number of rotatable bonds is 2. The molecule has 0 fully saturated rings. The first-order chi connectivity index (χ1) is 7.33. The molecule has 0 aliphatic carbocycles. The van der Waals surface area contributed by atoms with Gasteiger partial charge < -0.3 is 4.74 Å². The minimum Gasteiger partial charge on any atom is -0.456 e. The van der Waals surface area contributed by atoms with Crippen LogP contribution in [0.1, 0.15) is 42.3 Å². The predicted molar refractivity (Wildman–Crippen MR) is 66.4 cm³/mol. The number of hydrogen-bond acceptors (Lipinski definition) is 2. The highest BCUT2D eigenvalue weighted by molar-refractivity contribution is 5.94.